The van der Waals surface area contributed by atoms with Crippen molar-refractivity contribution in [3.8, 4) is 5.75 Å². The van der Waals surface area contributed by atoms with Crippen LogP contribution in [-0.4, -0.2) is 38.2 Å². The number of carbonyl (C=O) groups excluding carboxylic acids is 3. The third-order valence-electron chi connectivity index (χ3n) is 3.27. The van der Waals surface area contributed by atoms with Crippen LogP contribution in [0, 0.1) is 0 Å². The molecule has 134 valence electrons. The number of esters is 1. The van der Waals surface area contributed by atoms with E-state index < -0.39 is 17.8 Å². The lowest BCUT2D eigenvalue weighted by Gasteiger charge is -2.05. The quantitative estimate of drug-likeness (QED) is 0.366. The zero-order valence-electron chi connectivity index (χ0n) is 14.2. The van der Waals surface area contributed by atoms with Crippen molar-refractivity contribution in [1.29, 1.82) is 0 Å². The maximum Gasteiger partial charge on any atom is 0.337 e. The van der Waals surface area contributed by atoms with Crippen molar-refractivity contribution >= 4 is 29.7 Å². The number of anilines is 1. The summed E-state index contributed by atoms with van der Waals surface area (Å²) in [6, 6.07) is 12.9. The van der Waals surface area contributed by atoms with Crippen LogP contribution in [0.1, 0.15) is 15.9 Å². The van der Waals surface area contributed by atoms with Gasteiger partial charge in [-0.15, -0.1) is 0 Å². The van der Waals surface area contributed by atoms with Crippen LogP contribution in [0.15, 0.2) is 53.6 Å². The van der Waals surface area contributed by atoms with Gasteiger partial charge in [-0.2, -0.15) is 5.10 Å². The van der Waals surface area contributed by atoms with Gasteiger partial charge in [0.2, 0.25) is 0 Å². The lowest BCUT2D eigenvalue weighted by atomic mass is 10.2. The molecule has 8 nitrogen and oxygen atoms in total. The minimum absolute atomic E-state index is 0.332. The van der Waals surface area contributed by atoms with E-state index in [4.69, 9.17) is 4.74 Å². The van der Waals surface area contributed by atoms with Gasteiger partial charge in [0.25, 0.3) is 0 Å². The molecule has 0 saturated carbocycles. The largest absolute Gasteiger partial charge is 0.497 e. The molecule has 0 saturated heterocycles. The zero-order chi connectivity index (χ0) is 18.9. The molecular weight excluding hydrogens is 338 g/mol. The van der Waals surface area contributed by atoms with E-state index in [2.05, 4.69) is 20.6 Å². The van der Waals surface area contributed by atoms with Crippen molar-refractivity contribution in [2.24, 2.45) is 5.10 Å². The van der Waals surface area contributed by atoms with Gasteiger partial charge < -0.3 is 14.8 Å². The standard InChI is InChI=1S/C18H17N3O5/c1-25-15-9-3-12(4-10-15)11-19-21-17(23)16(22)20-14-7-5-13(6-8-14)18(24)26-2/h3-11H,1-2H3,(H,20,22)(H,21,23)/b19-11-. The summed E-state index contributed by atoms with van der Waals surface area (Å²) >= 11 is 0. The van der Waals surface area contributed by atoms with Gasteiger partial charge in [0.1, 0.15) is 5.75 Å². The van der Waals surface area contributed by atoms with Gasteiger partial charge in [-0.1, -0.05) is 0 Å². The summed E-state index contributed by atoms with van der Waals surface area (Å²) in [5.74, 6) is -1.60. The first-order valence-electron chi connectivity index (χ1n) is 7.50. The first-order valence-corrected chi connectivity index (χ1v) is 7.50. The summed E-state index contributed by atoms with van der Waals surface area (Å²) in [5, 5.41) is 6.12. The number of ether oxygens (including phenoxy) is 2. The van der Waals surface area contributed by atoms with Crippen molar-refractivity contribution in [2.75, 3.05) is 19.5 Å². The molecule has 0 aromatic heterocycles. The maximum absolute atomic E-state index is 11.8. The average Bonchev–Trinajstić information content (AvgIpc) is 2.68. The molecule has 0 bridgehead atoms. The number of nitrogens with one attached hydrogen (secondary N) is 2. The fourth-order valence-electron chi connectivity index (χ4n) is 1.90. The van der Waals surface area contributed by atoms with Gasteiger partial charge in [0.05, 0.1) is 26.0 Å². The molecule has 2 N–H and O–H groups in total. The smallest absolute Gasteiger partial charge is 0.337 e. The number of hydrogen-bond acceptors (Lipinski definition) is 6. The summed E-state index contributed by atoms with van der Waals surface area (Å²) < 4.78 is 9.61. The number of benzene rings is 2. The minimum Gasteiger partial charge on any atom is -0.497 e. The van der Waals surface area contributed by atoms with Gasteiger partial charge in [-0.25, -0.2) is 10.2 Å². The molecule has 2 aromatic carbocycles. The average molecular weight is 355 g/mol. The monoisotopic (exact) mass is 355 g/mol. The van der Waals surface area contributed by atoms with Crippen molar-refractivity contribution in [2.45, 2.75) is 0 Å². The van der Waals surface area contributed by atoms with Crippen LogP contribution in [0.25, 0.3) is 0 Å². The molecule has 26 heavy (non-hydrogen) atoms. The molecule has 2 rings (SSSR count). The number of nitrogens with zero attached hydrogens (tertiary/aromatic N) is 1. The fraction of sp³-hybridized carbons (Fsp3) is 0.111. The molecule has 0 atom stereocenters. The minimum atomic E-state index is -0.924. The Morgan fingerprint density at radius 1 is 0.923 bits per heavy atom. The van der Waals surface area contributed by atoms with Gasteiger partial charge in [-0.05, 0) is 54.1 Å². The summed E-state index contributed by atoms with van der Waals surface area (Å²) in [4.78, 5) is 34.9. The van der Waals surface area contributed by atoms with Crippen LogP contribution in [-0.2, 0) is 14.3 Å². The highest BCUT2D eigenvalue weighted by molar-refractivity contribution is 6.39. The Labute approximate surface area is 149 Å². The molecule has 8 heteroatoms. The molecule has 0 unspecified atom stereocenters. The number of methoxy groups -OCH3 is 2. The zero-order valence-corrected chi connectivity index (χ0v) is 14.2. The van der Waals surface area contributed by atoms with Crippen molar-refractivity contribution in [3.05, 3.63) is 59.7 Å². The van der Waals surface area contributed by atoms with Gasteiger partial charge in [-0.3, -0.25) is 9.59 Å². The molecule has 2 aromatic rings. The highest BCUT2D eigenvalue weighted by Gasteiger charge is 2.13. The topological polar surface area (TPSA) is 106 Å². The van der Waals surface area contributed by atoms with E-state index in [0.717, 1.165) is 5.56 Å². The predicted molar refractivity (Wildman–Crippen MR) is 95.1 cm³/mol. The van der Waals surface area contributed by atoms with E-state index in [-0.39, 0.29) is 0 Å². The second kappa shape index (κ2) is 8.97. The summed E-state index contributed by atoms with van der Waals surface area (Å²) in [6.45, 7) is 0. The third kappa shape index (κ3) is 5.17. The molecule has 0 radical (unpaired) electrons. The molecule has 2 amide bonds. The Bertz CT molecular complexity index is 814. The lowest BCUT2D eigenvalue weighted by Crippen LogP contribution is -2.32. The fourth-order valence-corrected chi connectivity index (χ4v) is 1.90. The number of hydrazone groups is 1. The number of hydrogen-bond donors (Lipinski definition) is 2. The highest BCUT2D eigenvalue weighted by Crippen LogP contribution is 2.11. The third-order valence-corrected chi connectivity index (χ3v) is 3.27. The Balaban J connectivity index is 1.87. The van der Waals surface area contributed by atoms with Crippen LogP contribution >= 0.6 is 0 Å². The number of carbonyl (C=O) groups is 3. The van der Waals surface area contributed by atoms with E-state index in [9.17, 15) is 14.4 Å². The van der Waals surface area contributed by atoms with E-state index in [1.54, 1.807) is 31.4 Å². The Hall–Kier alpha value is -3.68. The summed E-state index contributed by atoms with van der Waals surface area (Å²) in [5.41, 5.74) is 3.55. The van der Waals surface area contributed by atoms with Gasteiger partial charge in [0.15, 0.2) is 0 Å². The Morgan fingerprint density at radius 2 is 1.58 bits per heavy atom. The molecule has 0 heterocycles. The Morgan fingerprint density at radius 3 is 2.15 bits per heavy atom. The first-order chi connectivity index (χ1) is 12.5. The van der Waals surface area contributed by atoms with E-state index in [1.165, 1.54) is 37.6 Å². The molecule has 0 aliphatic rings. The van der Waals surface area contributed by atoms with Crippen LogP contribution in [0.3, 0.4) is 0 Å². The highest BCUT2D eigenvalue weighted by atomic mass is 16.5. The van der Waals surface area contributed by atoms with E-state index in [1.807, 2.05) is 0 Å². The van der Waals surface area contributed by atoms with E-state index in [0.29, 0.717) is 17.0 Å². The first kappa shape index (κ1) is 18.7. The molecule has 0 aliphatic carbocycles. The predicted octanol–water partition coefficient (Wildman–Crippen LogP) is 1.57. The Kier molecular flexibility index (Phi) is 6.44. The van der Waals surface area contributed by atoms with Crippen LogP contribution in [0.4, 0.5) is 5.69 Å². The van der Waals surface area contributed by atoms with Crippen LogP contribution in [0.2, 0.25) is 0 Å². The number of amides is 2. The second-order valence-corrected chi connectivity index (χ2v) is 5.00. The molecule has 0 spiro atoms. The molecular formula is C18H17N3O5. The lowest BCUT2D eigenvalue weighted by molar-refractivity contribution is -0.136. The molecule has 0 aliphatic heterocycles. The van der Waals surface area contributed by atoms with Crippen molar-refractivity contribution < 1.29 is 23.9 Å². The van der Waals surface area contributed by atoms with Crippen molar-refractivity contribution in [3.63, 3.8) is 0 Å². The van der Waals surface area contributed by atoms with Crippen molar-refractivity contribution in [1.82, 2.24) is 5.43 Å². The normalized spacial score (nSPS) is 10.2. The maximum atomic E-state index is 11.8. The van der Waals surface area contributed by atoms with Gasteiger partial charge in [0, 0.05) is 5.69 Å². The second-order valence-electron chi connectivity index (χ2n) is 5.00. The molecule has 0 fully saturated rings. The summed E-state index contributed by atoms with van der Waals surface area (Å²) in [7, 11) is 2.83. The summed E-state index contributed by atoms with van der Waals surface area (Å²) in [6.07, 6.45) is 1.40. The number of rotatable bonds is 5. The van der Waals surface area contributed by atoms with Crippen LogP contribution in [0.5, 0.6) is 5.75 Å². The van der Waals surface area contributed by atoms with Gasteiger partial charge >= 0.3 is 17.8 Å². The SMILES string of the molecule is COC(=O)c1ccc(NC(=O)C(=O)N/N=C\c2ccc(OC)cc2)cc1. The van der Waals surface area contributed by atoms with Crippen LogP contribution < -0.4 is 15.5 Å². The van der Waals surface area contributed by atoms with E-state index >= 15 is 0 Å².